The van der Waals surface area contributed by atoms with Crippen LogP contribution in [0.4, 0.5) is 5.69 Å². The van der Waals surface area contributed by atoms with E-state index < -0.39 is 0 Å². The highest BCUT2D eigenvalue weighted by atomic mass is 16.5. The maximum Gasteiger partial charge on any atom is 0.238 e. The molecule has 0 saturated carbocycles. The average molecular weight is 380 g/mol. The van der Waals surface area contributed by atoms with E-state index >= 15 is 0 Å². The summed E-state index contributed by atoms with van der Waals surface area (Å²) in [6.07, 6.45) is 1.94. The van der Waals surface area contributed by atoms with Crippen LogP contribution in [-0.4, -0.2) is 55.0 Å². The van der Waals surface area contributed by atoms with Crippen LogP contribution < -0.4 is 10.1 Å². The van der Waals surface area contributed by atoms with Crippen molar-refractivity contribution in [2.75, 3.05) is 44.6 Å². The van der Waals surface area contributed by atoms with E-state index in [-0.39, 0.29) is 5.91 Å². The molecule has 1 saturated heterocycles. The molecule has 148 valence electrons. The second kappa shape index (κ2) is 8.76. The summed E-state index contributed by atoms with van der Waals surface area (Å²) >= 11 is 0. The Morgan fingerprint density at radius 2 is 1.86 bits per heavy atom. The van der Waals surface area contributed by atoms with Gasteiger partial charge in [-0.05, 0) is 35.2 Å². The molecular formula is C23H29N3O2. The quantitative estimate of drug-likeness (QED) is 0.838. The molecule has 4 rings (SSSR count). The highest BCUT2D eigenvalue weighted by Crippen LogP contribution is 2.26. The number of rotatable bonds is 6. The van der Waals surface area contributed by atoms with Crippen molar-refractivity contribution in [1.82, 2.24) is 9.80 Å². The Morgan fingerprint density at radius 3 is 2.68 bits per heavy atom. The number of nitrogens with one attached hydrogen (secondary N) is 1. The minimum Gasteiger partial charge on any atom is -0.493 e. The minimum absolute atomic E-state index is 0.0768. The van der Waals surface area contributed by atoms with Gasteiger partial charge in [0.05, 0.1) is 13.2 Å². The fourth-order valence-corrected chi connectivity index (χ4v) is 4.05. The molecule has 0 unspecified atom stereocenters. The fourth-order valence-electron chi connectivity index (χ4n) is 4.05. The Morgan fingerprint density at radius 1 is 1.07 bits per heavy atom. The van der Waals surface area contributed by atoms with Gasteiger partial charge in [0, 0.05) is 44.8 Å². The third kappa shape index (κ3) is 4.54. The van der Waals surface area contributed by atoms with Crippen LogP contribution in [0.2, 0.25) is 0 Å². The van der Waals surface area contributed by atoms with Gasteiger partial charge in [-0.2, -0.15) is 0 Å². The predicted molar refractivity (Wildman–Crippen MR) is 112 cm³/mol. The summed E-state index contributed by atoms with van der Waals surface area (Å²) in [4.78, 5) is 17.2. The molecule has 0 aliphatic carbocycles. The van der Waals surface area contributed by atoms with Crippen LogP contribution in [0, 0.1) is 0 Å². The van der Waals surface area contributed by atoms with Gasteiger partial charge < -0.3 is 10.1 Å². The summed E-state index contributed by atoms with van der Waals surface area (Å²) in [5, 5.41) is 3.08. The third-order valence-corrected chi connectivity index (χ3v) is 5.66. The second-order valence-corrected chi connectivity index (χ2v) is 7.65. The van der Waals surface area contributed by atoms with Gasteiger partial charge in [0.25, 0.3) is 0 Å². The zero-order valence-electron chi connectivity index (χ0n) is 16.6. The molecule has 2 aromatic carbocycles. The van der Waals surface area contributed by atoms with Crippen LogP contribution in [0.25, 0.3) is 0 Å². The number of carbonyl (C=O) groups is 1. The number of para-hydroxylation sites is 1. The molecule has 1 fully saturated rings. The van der Waals surface area contributed by atoms with E-state index in [1.807, 2.05) is 18.2 Å². The van der Waals surface area contributed by atoms with Gasteiger partial charge in [0.15, 0.2) is 0 Å². The Bertz CT molecular complexity index is 828. The van der Waals surface area contributed by atoms with Crippen LogP contribution in [0.3, 0.4) is 0 Å². The van der Waals surface area contributed by atoms with Crippen molar-refractivity contribution in [3.63, 3.8) is 0 Å². The van der Waals surface area contributed by atoms with Crippen LogP contribution in [-0.2, 0) is 24.2 Å². The molecule has 0 atom stereocenters. The van der Waals surface area contributed by atoms with Gasteiger partial charge in [0.2, 0.25) is 5.91 Å². The Labute approximate surface area is 167 Å². The van der Waals surface area contributed by atoms with Crippen molar-refractivity contribution in [1.29, 1.82) is 0 Å². The number of ether oxygens (including phenoxy) is 1. The molecule has 2 aromatic rings. The Hall–Kier alpha value is -2.37. The van der Waals surface area contributed by atoms with Crippen LogP contribution in [0.1, 0.15) is 23.6 Å². The standard InChI is InChI=1S/C23H29N3O2/c1-2-19-5-3-4-6-21(19)24-23(27)17-26-12-10-25(11-13-26)16-18-7-8-22-20(15-18)9-14-28-22/h3-8,15H,2,9-14,16-17H2,1H3,(H,24,27). The maximum absolute atomic E-state index is 12.5. The zero-order chi connectivity index (χ0) is 19.3. The normalized spacial score (nSPS) is 17.2. The SMILES string of the molecule is CCc1ccccc1NC(=O)CN1CCN(Cc2ccc3c(c2)CCO3)CC1. The van der Waals surface area contributed by atoms with Crippen LogP contribution >= 0.6 is 0 Å². The Kier molecular flexibility index (Phi) is 5.93. The van der Waals surface area contributed by atoms with Gasteiger partial charge in [-0.3, -0.25) is 14.6 Å². The number of benzene rings is 2. The number of aryl methyl sites for hydroxylation is 1. The molecule has 2 aliphatic heterocycles. The van der Waals surface area contributed by atoms with Crippen molar-refractivity contribution in [3.8, 4) is 5.75 Å². The van der Waals surface area contributed by atoms with Gasteiger partial charge in [0.1, 0.15) is 5.75 Å². The smallest absolute Gasteiger partial charge is 0.238 e. The van der Waals surface area contributed by atoms with E-state index in [1.165, 1.54) is 16.7 Å². The van der Waals surface area contributed by atoms with Gasteiger partial charge in [-0.25, -0.2) is 0 Å². The van der Waals surface area contributed by atoms with Gasteiger partial charge in [-0.15, -0.1) is 0 Å². The number of nitrogens with zero attached hydrogens (tertiary/aromatic N) is 2. The number of piperazine rings is 1. The van der Waals surface area contributed by atoms with E-state index in [4.69, 9.17) is 4.74 Å². The minimum atomic E-state index is 0.0768. The number of anilines is 1. The predicted octanol–water partition coefficient (Wildman–Crippen LogP) is 2.94. The van der Waals surface area contributed by atoms with Crippen LogP contribution in [0.5, 0.6) is 5.75 Å². The van der Waals surface area contributed by atoms with Crippen molar-refractivity contribution >= 4 is 11.6 Å². The molecule has 0 bridgehead atoms. The summed E-state index contributed by atoms with van der Waals surface area (Å²) in [5.41, 5.74) is 4.81. The Balaban J connectivity index is 1.24. The first-order valence-corrected chi connectivity index (χ1v) is 10.3. The molecule has 28 heavy (non-hydrogen) atoms. The van der Waals surface area contributed by atoms with Crippen molar-refractivity contribution in [2.45, 2.75) is 26.3 Å². The summed E-state index contributed by atoms with van der Waals surface area (Å²) in [7, 11) is 0. The summed E-state index contributed by atoms with van der Waals surface area (Å²) < 4.78 is 5.59. The van der Waals surface area contributed by atoms with E-state index in [1.54, 1.807) is 0 Å². The molecule has 0 aromatic heterocycles. The van der Waals surface area contributed by atoms with E-state index in [0.29, 0.717) is 6.54 Å². The van der Waals surface area contributed by atoms with E-state index in [2.05, 4.69) is 46.3 Å². The second-order valence-electron chi connectivity index (χ2n) is 7.65. The monoisotopic (exact) mass is 379 g/mol. The third-order valence-electron chi connectivity index (χ3n) is 5.66. The zero-order valence-corrected chi connectivity index (χ0v) is 16.6. The van der Waals surface area contributed by atoms with Gasteiger partial charge in [-0.1, -0.05) is 37.3 Å². The van der Waals surface area contributed by atoms with Gasteiger partial charge >= 0.3 is 0 Å². The average Bonchev–Trinajstić information content (AvgIpc) is 3.18. The molecule has 5 heteroatoms. The molecule has 2 aliphatic rings. The van der Waals surface area contributed by atoms with E-state index in [0.717, 1.165) is 63.6 Å². The lowest BCUT2D eigenvalue weighted by Gasteiger charge is -2.34. The summed E-state index contributed by atoms with van der Waals surface area (Å²) in [6.45, 7) is 8.19. The molecule has 0 radical (unpaired) electrons. The molecular weight excluding hydrogens is 350 g/mol. The first-order chi connectivity index (χ1) is 13.7. The molecule has 1 N–H and O–H groups in total. The molecule has 1 amide bonds. The summed E-state index contributed by atoms with van der Waals surface area (Å²) in [6, 6.07) is 14.6. The fraction of sp³-hybridized carbons (Fsp3) is 0.435. The number of fused-ring (bicyclic) bond motifs is 1. The first-order valence-electron chi connectivity index (χ1n) is 10.3. The number of hydrogen-bond donors (Lipinski definition) is 1. The number of carbonyl (C=O) groups excluding carboxylic acids is 1. The highest BCUT2D eigenvalue weighted by Gasteiger charge is 2.20. The first kappa shape index (κ1) is 19.0. The summed E-state index contributed by atoms with van der Waals surface area (Å²) in [5.74, 6) is 1.12. The lowest BCUT2D eigenvalue weighted by Crippen LogP contribution is -2.48. The van der Waals surface area contributed by atoms with Crippen molar-refractivity contribution < 1.29 is 9.53 Å². The highest BCUT2D eigenvalue weighted by molar-refractivity contribution is 5.93. The van der Waals surface area contributed by atoms with Crippen molar-refractivity contribution in [2.24, 2.45) is 0 Å². The largest absolute Gasteiger partial charge is 0.493 e. The van der Waals surface area contributed by atoms with E-state index in [9.17, 15) is 4.79 Å². The number of hydrogen-bond acceptors (Lipinski definition) is 4. The topological polar surface area (TPSA) is 44.8 Å². The van der Waals surface area contributed by atoms with Crippen LogP contribution in [0.15, 0.2) is 42.5 Å². The maximum atomic E-state index is 12.5. The van der Waals surface area contributed by atoms with Crippen molar-refractivity contribution in [3.05, 3.63) is 59.2 Å². The molecule has 0 spiro atoms. The molecule has 2 heterocycles. The lowest BCUT2D eigenvalue weighted by atomic mass is 10.1. The molecule has 5 nitrogen and oxygen atoms in total. The number of amides is 1. The lowest BCUT2D eigenvalue weighted by molar-refractivity contribution is -0.117.